The summed E-state index contributed by atoms with van der Waals surface area (Å²) >= 11 is 0. The van der Waals surface area contributed by atoms with E-state index in [1.165, 1.54) is 0 Å². The molecule has 0 fully saturated rings. The van der Waals surface area contributed by atoms with Crippen molar-refractivity contribution in [2.75, 3.05) is 25.2 Å². The zero-order valence-electron chi connectivity index (χ0n) is 11.5. The highest BCUT2D eigenvalue weighted by molar-refractivity contribution is 5.92. The Labute approximate surface area is 113 Å². The van der Waals surface area contributed by atoms with Crippen molar-refractivity contribution in [1.82, 2.24) is 10.3 Å². The molecule has 0 aliphatic heterocycles. The van der Waals surface area contributed by atoms with Crippen LogP contribution in [0.3, 0.4) is 0 Å². The van der Waals surface area contributed by atoms with Crippen LogP contribution in [0.15, 0.2) is 18.2 Å². The number of anilines is 1. The first kappa shape index (κ1) is 15.4. The van der Waals surface area contributed by atoms with Gasteiger partial charge in [0, 0.05) is 13.2 Å². The molecular weight excluding hydrogens is 244 g/mol. The Morgan fingerprint density at radius 2 is 2.21 bits per heavy atom. The highest BCUT2D eigenvalue weighted by atomic mass is 16.5. The van der Waals surface area contributed by atoms with Gasteiger partial charge in [-0.3, -0.25) is 4.79 Å². The monoisotopic (exact) mass is 266 g/mol. The molecule has 106 valence electrons. The summed E-state index contributed by atoms with van der Waals surface area (Å²) in [6, 6.07) is 5.04. The van der Waals surface area contributed by atoms with Crippen molar-refractivity contribution in [3.8, 4) is 0 Å². The van der Waals surface area contributed by atoms with Gasteiger partial charge in [-0.25, -0.2) is 10.8 Å². The van der Waals surface area contributed by atoms with E-state index in [4.69, 9.17) is 10.6 Å². The average molecular weight is 266 g/mol. The normalized spacial score (nSPS) is 10.5. The van der Waals surface area contributed by atoms with Crippen LogP contribution in [0.4, 0.5) is 5.82 Å². The lowest BCUT2D eigenvalue weighted by Gasteiger charge is -2.08. The molecule has 1 amide bonds. The highest BCUT2D eigenvalue weighted by Gasteiger charge is 2.06. The number of hydrogen-bond acceptors (Lipinski definition) is 5. The first-order valence-corrected chi connectivity index (χ1v) is 6.43. The van der Waals surface area contributed by atoms with Gasteiger partial charge in [0.1, 0.15) is 11.5 Å². The summed E-state index contributed by atoms with van der Waals surface area (Å²) in [6.07, 6.45) is 1.03. The predicted octanol–water partition coefficient (Wildman–Crippen LogP) is 1.16. The molecule has 0 radical (unpaired) electrons. The standard InChI is InChI=1S/C13H22N4O2/c1-10(2)6-8-19-9-7-15-13(18)11-4-3-5-12(16-11)17-14/h3-5,10H,6-9,14H2,1-2H3,(H,15,18)(H,16,17). The molecule has 0 unspecified atom stereocenters. The fourth-order valence-corrected chi connectivity index (χ4v) is 1.39. The van der Waals surface area contributed by atoms with Gasteiger partial charge in [-0.2, -0.15) is 0 Å². The molecule has 1 rings (SSSR count). The van der Waals surface area contributed by atoms with Crippen LogP contribution in [0.1, 0.15) is 30.8 Å². The van der Waals surface area contributed by atoms with Crippen molar-refractivity contribution in [3.05, 3.63) is 23.9 Å². The summed E-state index contributed by atoms with van der Waals surface area (Å²) in [5, 5.41) is 2.74. The number of ether oxygens (including phenoxy) is 1. The Morgan fingerprint density at radius 1 is 1.42 bits per heavy atom. The zero-order chi connectivity index (χ0) is 14.1. The fourth-order valence-electron chi connectivity index (χ4n) is 1.39. The van der Waals surface area contributed by atoms with Gasteiger partial charge < -0.3 is 15.5 Å². The minimum Gasteiger partial charge on any atom is -0.380 e. The number of carbonyl (C=O) groups is 1. The number of nitrogens with one attached hydrogen (secondary N) is 2. The topological polar surface area (TPSA) is 89.3 Å². The van der Waals surface area contributed by atoms with Crippen molar-refractivity contribution in [2.24, 2.45) is 11.8 Å². The van der Waals surface area contributed by atoms with Crippen LogP contribution >= 0.6 is 0 Å². The van der Waals surface area contributed by atoms with Crippen molar-refractivity contribution in [1.29, 1.82) is 0 Å². The van der Waals surface area contributed by atoms with Crippen LogP contribution in [0.5, 0.6) is 0 Å². The van der Waals surface area contributed by atoms with Gasteiger partial charge in [-0.05, 0) is 24.5 Å². The number of nitrogens with zero attached hydrogens (tertiary/aromatic N) is 1. The van der Waals surface area contributed by atoms with Gasteiger partial charge in [0.05, 0.1) is 6.61 Å². The second-order valence-corrected chi connectivity index (χ2v) is 4.60. The number of nitrogen functional groups attached to an aromatic ring is 1. The van der Waals surface area contributed by atoms with Crippen LogP contribution in [0.25, 0.3) is 0 Å². The Kier molecular flexibility index (Phi) is 6.84. The van der Waals surface area contributed by atoms with Gasteiger partial charge >= 0.3 is 0 Å². The van der Waals surface area contributed by atoms with Crippen LogP contribution in [-0.4, -0.2) is 30.6 Å². The predicted molar refractivity (Wildman–Crippen MR) is 74.7 cm³/mol. The maximum Gasteiger partial charge on any atom is 0.270 e. The smallest absolute Gasteiger partial charge is 0.270 e. The van der Waals surface area contributed by atoms with Gasteiger partial charge in [0.25, 0.3) is 5.91 Å². The second kappa shape index (κ2) is 8.44. The van der Waals surface area contributed by atoms with Crippen LogP contribution in [-0.2, 0) is 4.74 Å². The van der Waals surface area contributed by atoms with Crippen molar-refractivity contribution in [2.45, 2.75) is 20.3 Å². The number of rotatable bonds is 8. The molecule has 0 saturated carbocycles. The van der Waals surface area contributed by atoms with Gasteiger partial charge in [0.2, 0.25) is 0 Å². The molecule has 19 heavy (non-hydrogen) atoms. The van der Waals surface area contributed by atoms with E-state index in [9.17, 15) is 4.79 Å². The zero-order valence-corrected chi connectivity index (χ0v) is 11.5. The molecule has 1 heterocycles. The molecule has 6 nitrogen and oxygen atoms in total. The molecule has 0 saturated heterocycles. The molecule has 0 atom stereocenters. The number of carbonyl (C=O) groups excluding carboxylic acids is 1. The molecule has 1 aromatic rings. The molecule has 0 aliphatic carbocycles. The largest absolute Gasteiger partial charge is 0.380 e. The van der Waals surface area contributed by atoms with Crippen LogP contribution < -0.4 is 16.6 Å². The van der Waals surface area contributed by atoms with E-state index in [0.717, 1.165) is 13.0 Å². The molecule has 0 aromatic carbocycles. The quantitative estimate of drug-likeness (QED) is 0.373. The average Bonchev–Trinajstić information content (AvgIpc) is 2.42. The van der Waals surface area contributed by atoms with E-state index in [-0.39, 0.29) is 5.91 Å². The number of hydrogen-bond donors (Lipinski definition) is 3. The molecule has 1 aromatic heterocycles. The van der Waals surface area contributed by atoms with E-state index >= 15 is 0 Å². The first-order chi connectivity index (χ1) is 9.13. The third kappa shape index (κ3) is 6.17. The molecule has 6 heteroatoms. The lowest BCUT2D eigenvalue weighted by atomic mass is 10.1. The SMILES string of the molecule is CC(C)CCOCCNC(=O)c1cccc(NN)n1. The lowest BCUT2D eigenvalue weighted by Crippen LogP contribution is -2.28. The summed E-state index contributed by atoms with van der Waals surface area (Å²) in [7, 11) is 0. The maximum absolute atomic E-state index is 11.8. The van der Waals surface area contributed by atoms with Gasteiger partial charge in [-0.15, -0.1) is 0 Å². The van der Waals surface area contributed by atoms with E-state index in [1.807, 2.05) is 0 Å². The van der Waals surface area contributed by atoms with E-state index in [1.54, 1.807) is 18.2 Å². The minimum absolute atomic E-state index is 0.232. The van der Waals surface area contributed by atoms with Crippen molar-refractivity contribution < 1.29 is 9.53 Å². The first-order valence-electron chi connectivity index (χ1n) is 6.43. The third-order valence-corrected chi connectivity index (χ3v) is 2.50. The fraction of sp³-hybridized carbons (Fsp3) is 0.538. The van der Waals surface area contributed by atoms with Gasteiger partial charge in [0.15, 0.2) is 0 Å². The highest BCUT2D eigenvalue weighted by Crippen LogP contribution is 2.02. The van der Waals surface area contributed by atoms with Crippen LogP contribution in [0, 0.1) is 5.92 Å². The minimum atomic E-state index is -0.232. The number of hydrazine groups is 1. The number of aromatic nitrogens is 1. The molecule has 0 spiro atoms. The third-order valence-electron chi connectivity index (χ3n) is 2.50. The number of pyridine rings is 1. The summed E-state index contributed by atoms with van der Waals surface area (Å²) in [6.45, 7) is 6.00. The molecule has 4 N–H and O–H groups in total. The summed E-state index contributed by atoms with van der Waals surface area (Å²) in [4.78, 5) is 15.8. The van der Waals surface area contributed by atoms with E-state index in [0.29, 0.717) is 30.6 Å². The summed E-state index contributed by atoms with van der Waals surface area (Å²) in [5.74, 6) is 6.09. The Bertz CT molecular complexity index is 396. The number of amides is 1. The van der Waals surface area contributed by atoms with Crippen molar-refractivity contribution in [3.63, 3.8) is 0 Å². The van der Waals surface area contributed by atoms with E-state index in [2.05, 4.69) is 29.6 Å². The molecular formula is C13H22N4O2. The lowest BCUT2D eigenvalue weighted by molar-refractivity contribution is 0.0901. The summed E-state index contributed by atoms with van der Waals surface area (Å²) < 4.78 is 5.41. The second-order valence-electron chi connectivity index (χ2n) is 4.60. The Hall–Kier alpha value is -1.66. The van der Waals surface area contributed by atoms with Crippen molar-refractivity contribution >= 4 is 11.7 Å². The van der Waals surface area contributed by atoms with Gasteiger partial charge in [-0.1, -0.05) is 19.9 Å². The number of nitrogens with two attached hydrogens (primary N) is 1. The summed E-state index contributed by atoms with van der Waals surface area (Å²) in [5.41, 5.74) is 2.73. The Balaban J connectivity index is 2.23. The Morgan fingerprint density at radius 3 is 2.89 bits per heavy atom. The van der Waals surface area contributed by atoms with E-state index < -0.39 is 0 Å². The molecule has 0 bridgehead atoms. The van der Waals surface area contributed by atoms with Crippen LogP contribution in [0.2, 0.25) is 0 Å². The molecule has 0 aliphatic rings. The maximum atomic E-state index is 11.8.